The van der Waals surface area contributed by atoms with Crippen molar-refractivity contribution in [2.75, 3.05) is 20.1 Å². The highest BCUT2D eigenvalue weighted by Crippen LogP contribution is 2.17. The van der Waals surface area contributed by atoms with E-state index in [0.717, 1.165) is 29.6 Å². The Kier molecular flexibility index (Phi) is 3.74. The van der Waals surface area contributed by atoms with E-state index < -0.39 is 0 Å². The summed E-state index contributed by atoms with van der Waals surface area (Å²) in [6.45, 7) is 1.86. The maximum absolute atomic E-state index is 12.4. The van der Waals surface area contributed by atoms with Crippen molar-refractivity contribution in [3.8, 4) is 0 Å². The van der Waals surface area contributed by atoms with Gasteiger partial charge in [-0.1, -0.05) is 18.6 Å². The summed E-state index contributed by atoms with van der Waals surface area (Å²) in [5, 5.41) is 4.16. The number of fused-ring (bicyclic) bond motifs is 1. The van der Waals surface area contributed by atoms with Crippen molar-refractivity contribution in [3.63, 3.8) is 0 Å². The highest BCUT2D eigenvalue weighted by atomic mass is 16.1. The standard InChI is InChI=1S/C16H21N3O/c1-19-10-3-2-6-13(19)11-18-16(20)14-7-4-5-12-8-9-17-15(12)14/h4-5,7-9,13,17H,2-3,6,10-11H2,1H3,(H,18,20). The molecule has 1 saturated heterocycles. The molecule has 0 aliphatic carbocycles. The van der Waals surface area contributed by atoms with E-state index in [1.807, 2.05) is 30.5 Å². The summed E-state index contributed by atoms with van der Waals surface area (Å²) in [6, 6.07) is 8.27. The number of hydrogen-bond acceptors (Lipinski definition) is 2. The van der Waals surface area contributed by atoms with E-state index in [0.29, 0.717) is 6.04 Å². The van der Waals surface area contributed by atoms with Gasteiger partial charge in [0, 0.05) is 24.2 Å². The van der Waals surface area contributed by atoms with Gasteiger partial charge in [0.1, 0.15) is 0 Å². The number of carbonyl (C=O) groups excluding carboxylic acids is 1. The SMILES string of the molecule is CN1CCCCC1CNC(=O)c1cccc2cc[nH]c12. The first-order valence-electron chi connectivity index (χ1n) is 7.30. The van der Waals surface area contributed by atoms with Crippen LogP contribution >= 0.6 is 0 Å². The Bertz CT molecular complexity index is 605. The van der Waals surface area contributed by atoms with E-state index in [1.165, 1.54) is 19.3 Å². The van der Waals surface area contributed by atoms with Crippen LogP contribution in [0, 0.1) is 0 Å². The summed E-state index contributed by atoms with van der Waals surface area (Å²) >= 11 is 0. The fourth-order valence-electron chi connectivity index (χ4n) is 2.98. The molecule has 2 N–H and O–H groups in total. The normalized spacial score (nSPS) is 20.1. The molecule has 20 heavy (non-hydrogen) atoms. The predicted octanol–water partition coefficient (Wildman–Crippen LogP) is 2.38. The maximum atomic E-state index is 12.4. The molecule has 2 heterocycles. The van der Waals surface area contributed by atoms with Gasteiger partial charge in [-0.3, -0.25) is 4.79 Å². The Labute approximate surface area is 119 Å². The van der Waals surface area contributed by atoms with Gasteiger partial charge in [0.05, 0.1) is 11.1 Å². The van der Waals surface area contributed by atoms with Crippen LogP contribution in [-0.4, -0.2) is 42.0 Å². The van der Waals surface area contributed by atoms with Gasteiger partial charge in [0.25, 0.3) is 5.91 Å². The van der Waals surface area contributed by atoms with Gasteiger partial charge in [0.15, 0.2) is 0 Å². The molecule has 106 valence electrons. The lowest BCUT2D eigenvalue weighted by Crippen LogP contribution is -2.44. The molecule has 4 heteroatoms. The molecule has 1 aliphatic rings. The van der Waals surface area contributed by atoms with E-state index in [4.69, 9.17) is 0 Å². The molecular formula is C16H21N3O. The minimum absolute atomic E-state index is 0.0111. The van der Waals surface area contributed by atoms with Crippen molar-refractivity contribution in [3.05, 3.63) is 36.0 Å². The third-order valence-electron chi connectivity index (χ3n) is 4.25. The fourth-order valence-corrected chi connectivity index (χ4v) is 2.98. The molecular weight excluding hydrogens is 250 g/mol. The van der Waals surface area contributed by atoms with Crippen LogP contribution in [0.3, 0.4) is 0 Å². The Morgan fingerprint density at radius 2 is 2.30 bits per heavy atom. The number of piperidine rings is 1. The molecule has 1 aliphatic heterocycles. The van der Waals surface area contributed by atoms with Crippen LogP contribution in [-0.2, 0) is 0 Å². The molecule has 3 rings (SSSR count). The van der Waals surface area contributed by atoms with Gasteiger partial charge in [0.2, 0.25) is 0 Å². The first kappa shape index (κ1) is 13.2. The number of nitrogens with one attached hydrogen (secondary N) is 2. The first-order valence-corrected chi connectivity index (χ1v) is 7.30. The number of amides is 1. The molecule has 1 atom stereocenters. The summed E-state index contributed by atoms with van der Waals surface area (Å²) in [6.07, 6.45) is 5.57. The van der Waals surface area contributed by atoms with Crippen LogP contribution in [0.15, 0.2) is 30.5 Å². The number of likely N-dealkylation sites (N-methyl/N-ethyl adjacent to an activating group) is 1. The number of rotatable bonds is 3. The van der Waals surface area contributed by atoms with E-state index in [-0.39, 0.29) is 5.91 Å². The molecule has 0 radical (unpaired) electrons. The van der Waals surface area contributed by atoms with E-state index in [2.05, 4.69) is 22.2 Å². The minimum Gasteiger partial charge on any atom is -0.361 e. The zero-order chi connectivity index (χ0) is 13.9. The monoisotopic (exact) mass is 271 g/mol. The third-order valence-corrected chi connectivity index (χ3v) is 4.25. The van der Waals surface area contributed by atoms with Crippen molar-refractivity contribution in [2.24, 2.45) is 0 Å². The predicted molar refractivity (Wildman–Crippen MR) is 80.9 cm³/mol. The van der Waals surface area contributed by atoms with E-state index in [1.54, 1.807) is 0 Å². The summed E-state index contributed by atoms with van der Waals surface area (Å²) in [7, 11) is 2.14. The smallest absolute Gasteiger partial charge is 0.253 e. The van der Waals surface area contributed by atoms with Crippen LogP contribution in [0.25, 0.3) is 10.9 Å². The van der Waals surface area contributed by atoms with Crippen LogP contribution in [0.2, 0.25) is 0 Å². The molecule has 0 spiro atoms. The zero-order valence-electron chi connectivity index (χ0n) is 11.9. The number of benzene rings is 1. The number of H-pyrrole nitrogens is 1. The van der Waals surface area contributed by atoms with E-state index in [9.17, 15) is 4.79 Å². The van der Waals surface area contributed by atoms with Crippen molar-refractivity contribution < 1.29 is 4.79 Å². The van der Waals surface area contributed by atoms with Gasteiger partial charge in [-0.15, -0.1) is 0 Å². The number of para-hydroxylation sites is 1. The van der Waals surface area contributed by atoms with Crippen LogP contribution in [0.4, 0.5) is 0 Å². The lowest BCUT2D eigenvalue weighted by molar-refractivity contribution is 0.0930. The molecule has 2 aromatic rings. The number of aromatic nitrogens is 1. The number of carbonyl (C=O) groups is 1. The Morgan fingerprint density at radius 1 is 1.40 bits per heavy atom. The Hall–Kier alpha value is -1.81. The summed E-state index contributed by atoms with van der Waals surface area (Å²) < 4.78 is 0. The summed E-state index contributed by atoms with van der Waals surface area (Å²) in [5.41, 5.74) is 1.65. The second-order valence-corrected chi connectivity index (χ2v) is 5.59. The van der Waals surface area contributed by atoms with Crippen LogP contribution < -0.4 is 5.32 Å². The average Bonchev–Trinajstić information content (AvgIpc) is 2.94. The van der Waals surface area contributed by atoms with Gasteiger partial charge in [-0.2, -0.15) is 0 Å². The molecule has 1 aromatic carbocycles. The van der Waals surface area contributed by atoms with Crippen molar-refractivity contribution in [1.29, 1.82) is 0 Å². The molecule has 4 nitrogen and oxygen atoms in total. The van der Waals surface area contributed by atoms with Gasteiger partial charge < -0.3 is 15.2 Å². The van der Waals surface area contributed by atoms with E-state index >= 15 is 0 Å². The molecule has 1 aromatic heterocycles. The lowest BCUT2D eigenvalue weighted by Gasteiger charge is -2.32. The van der Waals surface area contributed by atoms with Gasteiger partial charge in [-0.25, -0.2) is 0 Å². The molecule has 1 fully saturated rings. The zero-order valence-corrected chi connectivity index (χ0v) is 11.9. The first-order chi connectivity index (χ1) is 9.75. The quantitative estimate of drug-likeness (QED) is 0.900. The lowest BCUT2D eigenvalue weighted by atomic mass is 10.0. The largest absolute Gasteiger partial charge is 0.361 e. The van der Waals surface area contributed by atoms with Crippen LogP contribution in [0.5, 0.6) is 0 Å². The molecule has 0 saturated carbocycles. The number of aromatic amines is 1. The number of likely N-dealkylation sites (tertiary alicyclic amines) is 1. The Balaban J connectivity index is 1.68. The summed E-state index contributed by atoms with van der Waals surface area (Å²) in [4.78, 5) is 17.8. The fraction of sp³-hybridized carbons (Fsp3) is 0.438. The van der Waals surface area contributed by atoms with Gasteiger partial charge in [-0.05, 0) is 38.6 Å². The van der Waals surface area contributed by atoms with Crippen molar-refractivity contribution >= 4 is 16.8 Å². The number of nitrogens with zero attached hydrogens (tertiary/aromatic N) is 1. The average molecular weight is 271 g/mol. The second-order valence-electron chi connectivity index (χ2n) is 5.59. The van der Waals surface area contributed by atoms with Gasteiger partial charge >= 0.3 is 0 Å². The minimum atomic E-state index is 0.0111. The second kappa shape index (κ2) is 5.67. The number of hydrogen-bond donors (Lipinski definition) is 2. The molecule has 1 unspecified atom stereocenters. The maximum Gasteiger partial charge on any atom is 0.253 e. The Morgan fingerprint density at radius 3 is 3.15 bits per heavy atom. The third kappa shape index (κ3) is 2.56. The van der Waals surface area contributed by atoms with Crippen LogP contribution in [0.1, 0.15) is 29.6 Å². The summed E-state index contributed by atoms with van der Waals surface area (Å²) in [5.74, 6) is 0.0111. The molecule has 1 amide bonds. The van der Waals surface area contributed by atoms with Crippen molar-refractivity contribution in [2.45, 2.75) is 25.3 Å². The topological polar surface area (TPSA) is 48.1 Å². The molecule has 0 bridgehead atoms. The highest BCUT2D eigenvalue weighted by molar-refractivity contribution is 6.05. The highest BCUT2D eigenvalue weighted by Gasteiger charge is 2.20. The van der Waals surface area contributed by atoms with Crippen molar-refractivity contribution in [1.82, 2.24) is 15.2 Å².